The van der Waals surface area contributed by atoms with Gasteiger partial charge in [0.2, 0.25) is 0 Å². The van der Waals surface area contributed by atoms with Gasteiger partial charge in [-0.1, -0.05) is 29.8 Å². The molecule has 1 unspecified atom stereocenters. The van der Waals surface area contributed by atoms with Crippen LogP contribution in [0.3, 0.4) is 0 Å². The lowest BCUT2D eigenvalue weighted by atomic mass is 10.2. The second-order valence-electron chi connectivity index (χ2n) is 6.75. The van der Waals surface area contributed by atoms with Gasteiger partial charge in [-0.3, -0.25) is 4.90 Å². The third kappa shape index (κ3) is 5.96. The number of carbonyl (C=O) groups excluding carboxylic acids is 1. The lowest BCUT2D eigenvalue weighted by Crippen LogP contribution is -2.49. The molecule has 2 aromatic carbocycles. The molecule has 0 aliphatic carbocycles. The van der Waals surface area contributed by atoms with Crippen molar-refractivity contribution in [3.8, 4) is 5.75 Å². The van der Waals surface area contributed by atoms with Crippen molar-refractivity contribution in [2.45, 2.75) is 12.5 Å². The van der Waals surface area contributed by atoms with Crippen molar-refractivity contribution in [3.05, 3.63) is 59.1 Å². The maximum Gasteiger partial charge on any atom is 0.124 e. The average molecular weight is 389 g/mol. The average Bonchev–Trinajstić information content (AvgIpc) is 2.68. The first-order valence-corrected chi connectivity index (χ1v) is 9.58. The smallest absolute Gasteiger partial charge is 0.124 e. The van der Waals surface area contributed by atoms with Crippen LogP contribution in [0.4, 0.5) is 5.69 Å². The highest BCUT2D eigenvalue weighted by atomic mass is 35.5. The summed E-state index contributed by atoms with van der Waals surface area (Å²) in [6.45, 7) is 4.44. The van der Waals surface area contributed by atoms with Gasteiger partial charge in [-0.25, -0.2) is 0 Å². The van der Waals surface area contributed by atoms with E-state index in [-0.39, 0.29) is 6.61 Å². The Hall–Kier alpha value is -2.08. The van der Waals surface area contributed by atoms with Crippen molar-refractivity contribution in [3.63, 3.8) is 0 Å². The first-order chi connectivity index (χ1) is 13.1. The van der Waals surface area contributed by atoms with Gasteiger partial charge in [0, 0.05) is 49.9 Å². The monoisotopic (exact) mass is 388 g/mol. The van der Waals surface area contributed by atoms with E-state index in [0.717, 1.165) is 48.7 Å². The first kappa shape index (κ1) is 19.7. The predicted octanol–water partition coefficient (Wildman–Crippen LogP) is 2.64. The number of aldehydes is 1. The number of aliphatic hydroxyl groups excluding tert-OH is 1. The molecule has 5 nitrogen and oxygen atoms in total. The summed E-state index contributed by atoms with van der Waals surface area (Å²) in [6.07, 6.45) is 0.743. The molecule has 0 amide bonds. The Labute approximate surface area is 165 Å². The summed E-state index contributed by atoms with van der Waals surface area (Å²) in [6, 6.07) is 15.3. The summed E-state index contributed by atoms with van der Waals surface area (Å²) in [7, 11) is 0. The van der Waals surface area contributed by atoms with Crippen LogP contribution < -0.4 is 9.64 Å². The second kappa shape index (κ2) is 9.74. The Morgan fingerprint density at radius 3 is 2.52 bits per heavy atom. The molecular formula is C21H25ClN2O3. The molecule has 144 valence electrons. The van der Waals surface area contributed by atoms with E-state index < -0.39 is 6.10 Å². The molecule has 1 N–H and O–H groups in total. The number of rotatable bonds is 8. The van der Waals surface area contributed by atoms with Crippen LogP contribution in [0.5, 0.6) is 5.75 Å². The number of halogens is 1. The van der Waals surface area contributed by atoms with Gasteiger partial charge in [-0.05, 0) is 35.9 Å². The number of benzene rings is 2. The number of hydrogen-bond acceptors (Lipinski definition) is 5. The van der Waals surface area contributed by atoms with Gasteiger partial charge < -0.3 is 19.5 Å². The van der Waals surface area contributed by atoms with Crippen molar-refractivity contribution in [1.82, 2.24) is 4.90 Å². The number of anilines is 1. The van der Waals surface area contributed by atoms with Crippen LogP contribution in [-0.2, 0) is 11.2 Å². The van der Waals surface area contributed by atoms with Gasteiger partial charge >= 0.3 is 0 Å². The molecule has 2 aromatic rings. The number of hydrogen-bond donors (Lipinski definition) is 1. The third-order valence-corrected chi connectivity index (χ3v) is 4.93. The van der Waals surface area contributed by atoms with Gasteiger partial charge in [0.1, 0.15) is 24.7 Å². The molecule has 27 heavy (non-hydrogen) atoms. The third-order valence-electron chi connectivity index (χ3n) is 4.70. The van der Waals surface area contributed by atoms with E-state index in [9.17, 15) is 9.90 Å². The van der Waals surface area contributed by atoms with E-state index in [2.05, 4.69) is 15.9 Å². The minimum Gasteiger partial charge on any atom is -0.491 e. The molecule has 1 heterocycles. The molecule has 6 heteroatoms. The van der Waals surface area contributed by atoms with Crippen LogP contribution in [0.25, 0.3) is 0 Å². The number of aliphatic hydroxyl groups is 1. The zero-order chi connectivity index (χ0) is 19.1. The summed E-state index contributed by atoms with van der Waals surface area (Å²) < 4.78 is 5.66. The number of β-amino-alcohol motifs (C(OH)–C–C–N with tert-alkyl or cyclic N) is 1. The Kier molecular flexibility index (Phi) is 7.10. The lowest BCUT2D eigenvalue weighted by molar-refractivity contribution is -0.107. The summed E-state index contributed by atoms with van der Waals surface area (Å²) in [5.74, 6) is 0.703. The van der Waals surface area contributed by atoms with E-state index in [1.54, 1.807) is 0 Å². The molecule has 1 fully saturated rings. The zero-order valence-corrected chi connectivity index (χ0v) is 16.0. The number of nitrogens with zero attached hydrogens (tertiary/aromatic N) is 2. The van der Waals surface area contributed by atoms with E-state index in [4.69, 9.17) is 16.3 Å². The van der Waals surface area contributed by atoms with Crippen molar-refractivity contribution >= 4 is 23.6 Å². The molecule has 0 bridgehead atoms. The summed E-state index contributed by atoms with van der Waals surface area (Å²) in [5.41, 5.74) is 2.10. The Balaban J connectivity index is 1.40. The minimum absolute atomic E-state index is 0.252. The maximum atomic E-state index is 10.5. The van der Waals surface area contributed by atoms with Crippen LogP contribution in [-0.4, -0.2) is 61.7 Å². The second-order valence-corrected chi connectivity index (χ2v) is 7.18. The highest BCUT2D eigenvalue weighted by Gasteiger charge is 2.20. The van der Waals surface area contributed by atoms with E-state index >= 15 is 0 Å². The summed E-state index contributed by atoms with van der Waals surface area (Å²) in [4.78, 5) is 15.1. The first-order valence-electron chi connectivity index (χ1n) is 9.20. The van der Waals surface area contributed by atoms with Gasteiger partial charge in [0.25, 0.3) is 0 Å². The van der Waals surface area contributed by atoms with Crippen LogP contribution in [0.15, 0.2) is 48.5 Å². The molecule has 1 saturated heterocycles. The largest absolute Gasteiger partial charge is 0.491 e. The Morgan fingerprint density at radius 2 is 1.85 bits per heavy atom. The van der Waals surface area contributed by atoms with Crippen LogP contribution in [0, 0.1) is 0 Å². The molecular weight excluding hydrogens is 364 g/mol. The SMILES string of the molecule is O=CCc1ccc(OCC(O)CN2CCN(c3cccc(Cl)c3)CC2)cc1. The fourth-order valence-corrected chi connectivity index (χ4v) is 3.41. The number of ether oxygens (including phenoxy) is 1. The summed E-state index contributed by atoms with van der Waals surface area (Å²) in [5, 5.41) is 11.0. The maximum absolute atomic E-state index is 10.5. The molecule has 0 radical (unpaired) electrons. The van der Waals surface area contributed by atoms with Crippen molar-refractivity contribution in [2.75, 3.05) is 44.2 Å². The van der Waals surface area contributed by atoms with Gasteiger partial charge in [-0.2, -0.15) is 0 Å². The van der Waals surface area contributed by atoms with E-state index in [1.165, 1.54) is 0 Å². The standard InChI is InChI=1S/C21H25ClN2O3/c22-18-2-1-3-19(14-18)24-11-9-23(10-12-24)15-20(26)16-27-21-6-4-17(5-7-21)8-13-25/h1-7,13-14,20,26H,8-12,15-16H2. The molecule has 0 saturated carbocycles. The van der Waals surface area contributed by atoms with Gasteiger partial charge in [0.05, 0.1) is 0 Å². The van der Waals surface area contributed by atoms with Crippen molar-refractivity contribution in [2.24, 2.45) is 0 Å². The van der Waals surface area contributed by atoms with Crippen LogP contribution in [0.1, 0.15) is 5.56 Å². The Bertz CT molecular complexity index is 730. The van der Waals surface area contributed by atoms with Crippen molar-refractivity contribution < 1.29 is 14.6 Å². The lowest BCUT2D eigenvalue weighted by Gasteiger charge is -2.36. The van der Waals surface area contributed by atoms with Crippen molar-refractivity contribution in [1.29, 1.82) is 0 Å². The van der Waals surface area contributed by atoms with Crippen LogP contribution in [0.2, 0.25) is 5.02 Å². The zero-order valence-electron chi connectivity index (χ0n) is 15.3. The fraction of sp³-hybridized carbons (Fsp3) is 0.381. The van der Waals surface area contributed by atoms with Crippen LogP contribution >= 0.6 is 11.6 Å². The molecule has 0 spiro atoms. The van der Waals surface area contributed by atoms with Gasteiger partial charge in [-0.15, -0.1) is 0 Å². The number of carbonyl (C=O) groups is 1. The highest BCUT2D eigenvalue weighted by Crippen LogP contribution is 2.21. The molecule has 1 aliphatic rings. The van der Waals surface area contributed by atoms with E-state index in [0.29, 0.717) is 18.7 Å². The normalized spacial score (nSPS) is 16.1. The Morgan fingerprint density at radius 1 is 1.11 bits per heavy atom. The molecule has 0 aromatic heterocycles. The minimum atomic E-state index is -0.544. The summed E-state index contributed by atoms with van der Waals surface area (Å²) >= 11 is 6.07. The molecule has 1 aliphatic heterocycles. The van der Waals surface area contributed by atoms with E-state index in [1.807, 2.05) is 42.5 Å². The van der Waals surface area contributed by atoms with Gasteiger partial charge in [0.15, 0.2) is 0 Å². The topological polar surface area (TPSA) is 53.0 Å². The highest BCUT2D eigenvalue weighted by molar-refractivity contribution is 6.30. The fourth-order valence-electron chi connectivity index (χ4n) is 3.22. The quantitative estimate of drug-likeness (QED) is 0.704. The molecule has 1 atom stereocenters. The molecule has 3 rings (SSSR count). The predicted molar refractivity (Wildman–Crippen MR) is 108 cm³/mol. The number of piperazine rings is 1.